The van der Waals surface area contributed by atoms with Gasteiger partial charge < -0.3 is 10.6 Å². The molecule has 1 unspecified atom stereocenters. The molecule has 0 aromatic heterocycles. The first-order chi connectivity index (χ1) is 13.3. The molecule has 4 amide bonds. The van der Waals surface area contributed by atoms with E-state index in [9.17, 15) is 19.2 Å². The molecule has 2 N–H and O–H groups in total. The van der Waals surface area contributed by atoms with Crippen molar-refractivity contribution >= 4 is 52.5 Å². The summed E-state index contributed by atoms with van der Waals surface area (Å²) in [7, 11) is 0. The van der Waals surface area contributed by atoms with Crippen molar-refractivity contribution in [1.29, 1.82) is 0 Å². The minimum Gasteiger partial charge on any atom is -0.326 e. The van der Waals surface area contributed by atoms with Crippen molar-refractivity contribution in [3.05, 3.63) is 48.5 Å². The number of amides is 4. The first-order valence-corrected chi connectivity index (χ1v) is 9.50. The molecular weight excluding hydrogens is 378 g/mol. The maximum atomic E-state index is 12.8. The third kappa shape index (κ3) is 4.58. The van der Waals surface area contributed by atoms with Gasteiger partial charge in [0.05, 0.1) is 10.9 Å². The highest BCUT2D eigenvalue weighted by Crippen LogP contribution is 2.34. The molecule has 0 saturated carbocycles. The van der Waals surface area contributed by atoms with Gasteiger partial charge in [0.15, 0.2) is 0 Å². The van der Waals surface area contributed by atoms with Gasteiger partial charge in [-0.15, -0.1) is 11.8 Å². The van der Waals surface area contributed by atoms with Crippen LogP contribution >= 0.6 is 11.8 Å². The van der Waals surface area contributed by atoms with Gasteiger partial charge in [0.2, 0.25) is 23.6 Å². The Balaban J connectivity index is 1.69. The van der Waals surface area contributed by atoms with Crippen LogP contribution in [0.4, 0.5) is 17.1 Å². The molecule has 1 heterocycles. The van der Waals surface area contributed by atoms with Gasteiger partial charge in [0.1, 0.15) is 0 Å². The van der Waals surface area contributed by atoms with Gasteiger partial charge in [-0.2, -0.15) is 0 Å². The van der Waals surface area contributed by atoms with Crippen LogP contribution in [0.3, 0.4) is 0 Å². The van der Waals surface area contributed by atoms with Crippen molar-refractivity contribution in [1.82, 2.24) is 0 Å². The zero-order valence-electron chi connectivity index (χ0n) is 15.4. The minimum absolute atomic E-state index is 0.115. The van der Waals surface area contributed by atoms with Crippen LogP contribution in [0.25, 0.3) is 0 Å². The van der Waals surface area contributed by atoms with E-state index in [0.29, 0.717) is 17.1 Å². The highest BCUT2D eigenvalue weighted by Gasteiger charge is 2.40. The summed E-state index contributed by atoms with van der Waals surface area (Å²) in [6.07, 6.45) is 0.115. The third-order valence-electron chi connectivity index (χ3n) is 4.00. The fraction of sp³-hybridized carbons (Fsp3) is 0.200. The lowest BCUT2D eigenvalue weighted by molar-refractivity contribution is -0.121. The number of nitrogens with one attached hydrogen (secondary N) is 2. The Morgan fingerprint density at radius 2 is 1.39 bits per heavy atom. The summed E-state index contributed by atoms with van der Waals surface area (Å²) in [6.45, 7) is 2.84. The summed E-state index contributed by atoms with van der Waals surface area (Å²) in [4.78, 5) is 49.3. The summed E-state index contributed by atoms with van der Waals surface area (Å²) in [6, 6.07) is 13.7. The van der Waals surface area contributed by atoms with Crippen LogP contribution in [-0.4, -0.2) is 28.9 Å². The van der Waals surface area contributed by atoms with Crippen LogP contribution in [0.15, 0.2) is 53.4 Å². The summed E-state index contributed by atoms with van der Waals surface area (Å²) in [5.74, 6) is -0.878. The van der Waals surface area contributed by atoms with E-state index in [-0.39, 0.29) is 30.0 Å². The molecular formula is C20H19N3O4S. The third-order valence-corrected chi connectivity index (χ3v) is 5.20. The van der Waals surface area contributed by atoms with Gasteiger partial charge in [0.25, 0.3) is 0 Å². The van der Waals surface area contributed by atoms with Crippen molar-refractivity contribution in [2.24, 2.45) is 0 Å². The van der Waals surface area contributed by atoms with Crippen molar-refractivity contribution in [2.45, 2.75) is 30.4 Å². The van der Waals surface area contributed by atoms with Gasteiger partial charge in [-0.1, -0.05) is 0 Å². The number of benzene rings is 2. The lowest BCUT2D eigenvalue weighted by Crippen LogP contribution is -2.31. The average Bonchev–Trinajstić information content (AvgIpc) is 2.90. The van der Waals surface area contributed by atoms with E-state index in [0.717, 1.165) is 4.90 Å². The monoisotopic (exact) mass is 397 g/mol. The second-order valence-corrected chi connectivity index (χ2v) is 7.59. The van der Waals surface area contributed by atoms with E-state index < -0.39 is 5.25 Å². The number of rotatable bonds is 5. The Labute approximate surface area is 166 Å². The van der Waals surface area contributed by atoms with E-state index in [1.54, 1.807) is 48.5 Å². The molecule has 7 nitrogen and oxygen atoms in total. The smallest absolute Gasteiger partial charge is 0.247 e. The Morgan fingerprint density at radius 3 is 1.89 bits per heavy atom. The molecule has 1 fully saturated rings. The zero-order valence-corrected chi connectivity index (χ0v) is 16.2. The number of anilines is 3. The number of thioether (sulfide) groups is 1. The number of hydrogen-bond donors (Lipinski definition) is 2. The number of carbonyl (C=O) groups excluding carboxylic acids is 4. The van der Waals surface area contributed by atoms with E-state index >= 15 is 0 Å². The fourth-order valence-electron chi connectivity index (χ4n) is 2.85. The molecule has 2 aromatic rings. The van der Waals surface area contributed by atoms with Gasteiger partial charge in [-0.05, 0) is 48.5 Å². The van der Waals surface area contributed by atoms with Crippen LogP contribution in [0.5, 0.6) is 0 Å². The summed E-state index contributed by atoms with van der Waals surface area (Å²) in [5, 5.41) is 4.82. The van der Waals surface area contributed by atoms with E-state index in [4.69, 9.17) is 0 Å². The summed E-state index contributed by atoms with van der Waals surface area (Å²) < 4.78 is 0. The van der Waals surface area contributed by atoms with E-state index in [1.165, 1.54) is 30.5 Å². The minimum atomic E-state index is -0.505. The lowest BCUT2D eigenvalue weighted by Gasteiger charge is -2.15. The Bertz CT molecular complexity index is 925. The first-order valence-electron chi connectivity index (χ1n) is 8.62. The van der Waals surface area contributed by atoms with Gasteiger partial charge in [0, 0.05) is 36.5 Å². The zero-order chi connectivity index (χ0) is 20.3. The van der Waals surface area contributed by atoms with Gasteiger partial charge in [-0.25, -0.2) is 4.90 Å². The van der Waals surface area contributed by atoms with Crippen molar-refractivity contribution in [3.8, 4) is 0 Å². The average molecular weight is 397 g/mol. The van der Waals surface area contributed by atoms with E-state index in [1.807, 2.05) is 0 Å². The fourth-order valence-corrected chi connectivity index (χ4v) is 3.90. The molecule has 8 heteroatoms. The molecule has 0 aliphatic carbocycles. The van der Waals surface area contributed by atoms with Crippen molar-refractivity contribution < 1.29 is 19.2 Å². The Kier molecular flexibility index (Phi) is 5.79. The van der Waals surface area contributed by atoms with Crippen LogP contribution in [-0.2, 0) is 19.2 Å². The standard InChI is InChI=1S/C20H19N3O4S/c1-12(24)21-14-3-7-16(8-4-14)23-19(26)11-18(20(23)27)28-17-9-5-15(6-10-17)22-13(2)25/h3-10,18H,11H2,1-2H3,(H,21,24)(H,22,25). The van der Waals surface area contributed by atoms with Crippen molar-refractivity contribution in [2.75, 3.05) is 15.5 Å². The van der Waals surface area contributed by atoms with Crippen LogP contribution < -0.4 is 15.5 Å². The number of hydrogen-bond acceptors (Lipinski definition) is 5. The van der Waals surface area contributed by atoms with Gasteiger partial charge in [-0.3, -0.25) is 19.2 Å². The van der Waals surface area contributed by atoms with E-state index in [2.05, 4.69) is 10.6 Å². The van der Waals surface area contributed by atoms with Crippen LogP contribution in [0, 0.1) is 0 Å². The predicted octanol–water partition coefficient (Wildman–Crippen LogP) is 3.03. The van der Waals surface area contributed by atoms with Crippen molar-refractivity contribution in [3.63, 3.8) is 0 Å². The molecule has 0 bridgehead atoms. The molecule has 1 saturated heterocycles. The lowest BCUT2D eigenvalue weighted by atomic mass is 10.2. The Hall–Kier alpha value is -3.13. The van der Waals surface area contributed by atoms with Crippen LogP contribution in [0.1, 0.15) is 20.3 Å². The summed E-state index contributed by atoms with van der Waals surface area (Å²) >= 11 is 1.32. The maximum absolute atomic E-state index is 12.8. The number of nitrogens with zero attached hydrogens (tertiary/aromatic N) is 1. The molecule has 2 aromatic carbocycles. The molecule has 1 aliphatic rings. The molecule has 1 atom stereocenters. The quantitative estimate of drug-likeness (QED) is 0.756. The number of imide groups is 1. The molecule has 144 valence electrons. The molecule has 28 heavy (non-hydrogen) atoms. The molecule has 1 aliphatic heterocycles. The summed E-state index contributed by atoms with van der Waals surface area (Å²) in [5.41, 5.74) is 1.75. The highest BCUT2D eigenvalue weighted by molar-refractivity contribution is 8.00. The predicted molar refractivity (Wildman–Crippen MR) is 108 cm³/mol. The maximum Gasteiger partial charge on any atom is 0.247 e. The highest BCUT2D eigenvalue weighted by atomic mass is 32.2. The second-order valence-electron chi connectivity index (χ2n) is 6.31. The molecule has 0 radical (unpaired) electrons. The first kappa shape index (κ1) is 19.6. The normalized spacial score (nSPS) is 16.2. The van der Waals surface area contributed by atoms with Crippen LogP contribution in [0.2, 0.25) is 0 Å². The SMILES string of the molecule is CC(=O)Nc1ccc(SC2CC(=O)N(c3ccc(NC(C)=O)cc3)C2=O)cc1. The topological polar surface area (TPSA) is 95.6 Å². The number of carbonyl (C=O) groups is 4. The second kappa shape index (κ2) is 8.26. The molecule has 3 rings (SSSR count). The largest absolute Gasteiger partial charge is 0.326 e. The molecule has 0 spiro atoms. The van der Waals surface area contributed by atoms with Gasteiger partial charge >= 0.3 is 0 Å². The Morgan fingerprint density at radius 1 is 0.893 bits per heavy atom.